The van der Waals surface area contributed by atoms with Crippen LogP contribution in [0.5, 0.6) is 0 Å². The van der Waals surface area contributed by atoms with Gasteiger partial charge in [-0.15, -0.1) is 0 Å². The van der Waals surface area contributed by atoms with Crippen LogP contribution in [0.4, 0.5) is 0 Å². The van der Waals surface area contributed by atoms with Crippen LogP contribution in [0.15, 0.2) is 24.3 Å². The molecule has 1 unspecified atom stereocenters. The van der Waals surface area contributed by atoms with E-state index >= 15 is 0 Å². The molecule has 5 nitrogen and oxygen atoms in total. The van der Waals surface area contributed by atoms with E-state index in [1.165, 1.54) is 0 Å². The van der Waals surface area contributed by atoms with E-state index in [9.17, 15) is 4.79 Å². The minimum Gasteiger partial charge on any atom is -0.374 e. The lowest BCUT2D eigenvalue weighted by atomic mass is 10.1. The second-order valence-corrected chi connectivity index (χ2v) is 5.05. The highest BCUT2D eigenvalue weighted by molar-refractivity contribution is 5.94. The Labute approximate surface area is 125 Å². The molecule has 21 heavy (non-hydrogen) atoms. The number of nitrogens with two attached hydrogens (primary N) is 1. The number of morpholine rings is 1. The molecule has 0 aromatic heterocycles. The molecule has 1 amide bonds. The van der Waals surface area contributed by atoms with E-state index in [1.54, 1.807) is 12.1 Å². The lowest BCUT2D eigenvalue weighted by Gasteiger charge is -2.30. The summed E-state index contributed by atoms with van der Waals surface area (Å²) in [5, 5.41) is 2.91. The van der Waals surface area contributed by atoms with Crippen molar-refractivity contribution < 1.29 is 9.53 Å². The zero-order valence-corrected chi connectivity index (χ0v) is 12.3. The van der Waals surface area contributed by atoms with E-state index in [0.717, 1.165) is 18.7 Å². The van der Waals surface area contributed by atoms with Gasteiger partial charge in [0.15, 0.2) is 0 Å². The van der Waals surface area contributed by atoms with E-state index in [4.69, 9.17) is 10.5 Å². The molecule has 1 aromatic carbocycles. The van der Waals surface area contributed by atoms with E-state index in [0.29, 0.717) is 25.3 Å². The highest BCUT2D eigenvalue weighted by Crippen LogP contribution is 2.05. The second-order valence-electron chi connectivity index (χ2n) is 5.05. The van der Waals surface area contributed by atoms with Gasteiger partial charge in [-0.2, -0.15) is 0 Å². The van der Waals surface area contributed by atoms with Crippen molar-refractivity contribution in [3.8, 4) is 11.8 Å². The van der Waals surface area contributed by atoms with Gasteiger partial charge in [0.25, 0.3) is 5.91 Å². The molecule has 1 atom stereocenters. The Kier molecular flexibility index (Phi) is 5.76. The molecule has 1 aromatic rings. The van der Waals surface area contributed by atoms with Gasteiger partial charge in [-0.05, 0) is 25.2 Å². The minimum absolute atomic E-state index is 0.0490. The molecule has 1 heterocycles. The van der Waals surface area contributed by atoms with Crippen LogP contribution in [0.3, 0.4) is 0 Å². The summed E-state index contributed by atoms with van der Waals surface area (Å²) in [6, 6.07) is 7.22. The molecule has 112 valence electrons. The van der Waals surface area contributed by atoms with Gasteiger partial charge < -0.3 is 20.7 Å². The Morgan fingerprint density at radius 2 is 2.43 bits per heavy atom. The standard InChI is InChI=1S/C16H21N3O2/c1-19-8-9-21-15(12-19)11-18-16(20)14-6-2-4-13(10-14)5-3-7-17/h2,4,6,10,15H,7-9,11-12,17H2,1H3,(H,18,20). The number of nitrogens with one attached hydrogen (secondary N) is 1. The number of nitrogens with zero attached hydrogens (tertiary/aromatic N) is 1. The quantitative estimate of drug-likeness (QED) is 0.771. The third kappa shape index (κ3) is 4.87. The van der Waals surface area contributed by atoms with E-state index in [-0.39, 0.29) is 12.0 Å². The topological polar surface area (TPSA) is 67.6 Å². The maximum absolute atomic E-state index is 12.1. The lowest BCUT2D eigenvalue weighted by molar-refractivity contribution is -0.0175. The molecule has 2 rings (SSSR count). The molecule has 1 fully saturated rings. The molecule has 0 aliphatic carbocycles. The average Bonchev–Trinajstić information content (AvgIpc) is 2.51. The lowest BCUT2D eigenvalue weighted by Crippen LogP contribution is -2.45. The molecule has 0 radical (unpaired) electrons. The van der Waals surface area contributed by atoms with Gasteiger partial charge in [-0.1, -0.05) is 17.9 Å². The summed E-state index contributed by atoms with van der Waals surface area (Å²) in [5.74, 6) is 5.60. The fourth-order valence-corrected chi connectivity index (χ4v) is 2.19. The van der Waals surface area contributed by atoms with Gasteiger partial charge in [0.1, 0.15) is 0 Å². The smallest absolute Gasteiger partial charge is 0.251 e. The molecule has 3 N–H and O–H groups in total. The third-order valence-electron chi connectivity index (χ3n) is 3.29. The van der Waals surface area contributed by atoms with Gasteiger partial charge in [0.05, 0.1) is 19.3 Å². The number of hydrogen-bond donors (Lipinski definition) is 2. The molecule has 0 spiro atoms. The Balaban J connectivity index is 1.91. The number of carbonyl (C=O) groups is 1. The maximum Gasteiger partial charge on any atom is 0.251 e. The molecule has 1 aliphatic rings. The van der Waals surface area contributed by atoms with Crippen molar-refractivity contribution in [1.82, 2.24) is 10.2 Å². The van der Waals surface area contributed by atoms with Crippen molar-refractivity contribution in [2.24, 2.45) is 5.73 Å². The molecular weight excluding hydrogens is 266 g/mol. The highest BCUT2D eigenvalue weighted by Gasteiger charge is 2.18. The monoisotopic (exact) mass is 287 g/mol. The number of amides is 1. The van der Waals surface area contributed by atoms with Gasteiger partial charge >= 0.3 is 0 Å². The first-order chi connectivity index (χ1) is 10.2. The van der Waals surface area contributed by atoms with Gasteiger partial charge in [0.2, 0.25) is 0 Å². The van der Waals surface area contributed by atoms with Crippen LogP contribution in [0.2, 0.25) is 0 Å². The molecule has 0 saturated carbocycles. The predicted molar refractivity (Wildman–Crippen MR) is 81.9 cm³/mol. The summed E-state index contributed by atoms with van der Waals surface area (Å²) in [6.07, 6.45) is 0.0490. The fraction of sp³-hybridized carbons (Fsp3) is 0.438. The largest absolute Gasteiger partial charge is 0.374 e. The van der Waals surface area contributed by atoms with Crippen LogP contribution in [-0.2, 0) is 4.74 Å². The van der Waals surface area contributed by atoms with Crippen LogP contribution in [0.1, 0.15) is 15.9 Å². The van der Waals surface area contributed by atoms with Crippen LogP contribution in [0.25, 0.3) is 0 Å². The van der Waals surface area contributed by atoms with E-state index < -0.39 is 0 Å². The normalized spacial score (nSPS) is 18.7. The first-order valence-corrected chi connectivity index (χ1v) is 7.06. The van der Waals surface area contributed by atoms with E-state index in [1.807, 2.05) is 12.1 Å². The maximum atomic E-state index is 12.1. The van der Waals surface area contributed by atoms with Crippen LogP contribution < -0.4 is 11.1 Å². The second kappa shape index (κ2) is 7.79. The molecular formula is C16H21N3O2. The number of rotatable bonds is 3. The molecule has 1 aliphatic heterocycles. The average molecular weight is 287 g/mol. The van der Waals surface area contributed by atoms with Crippen molar-refractivity contribution in [2.45, 2.75) is 6.10 Å². The predicted octanol–water partition coefficient (Wildman–Crippen LogP) is 0.0572. The highest BCUT2D eigenvalue weighted by atomic mass is 16.5. The van der Waals surface area contributed by atoms with Crippen LogP contribution >= 0.6 is 0 Å². The van der Waals surface area contributed by atoms with Crippen LogP contribution in [0, 0.1) is 11.8 Å². The molecule has 1 saturated heterocycles. The number of benzene rings is 1. The SMILES string of the molecule is CN1CCOC(CNC(=O)c2cccc(C#CCN)c2)C1. The van der Waals surface area contributed by atoms with Crippen LogP contribution in [-0.4, -0.2) is 56.7 Å². The van der Waals surface area contributed by atoms with Crippen molar-refractivity contribution in [1.29, 1.82) is 0 Å². The van der Waals surface area contributed by atoms with Gasteiger partial charge in [-0.3, -0.25) is 4.79 Å². The Hall–Kier alpha value is -1.87. The minimum atomic E-state index is -0.108. The van der Waals surface area contributed by atoms with Crippen molar-refractivity contribution in [2.75, 3.05) is 39.8 Å². The number of hydrogen-bond acceptors (Lipinski definition) is 4. The Morgan fingerprint density at radius 3 is 3.19 bits per heavy atom. The zero-order chi connectivity index (χ0) is 15.1. The number of ether oxygens (including phenoxy) is 1. The van der Waals surface area contributed by atoms with Crippen molar-refractivity contribution in [3.63, 3.8) is 0 Å². The fourth-order valence-electron chi connectivity index (χ4n) is 2.19. The number of likely N-dealkylation sites (N-methyl/N-ethyl adjacent to an activating group) is 1. The molecule has 5 heteroatoms. The summed E-state index contributed by atoms with van der Waals surface area (Å²) in [5.41, 5.74) is 6.74. The summed E-state index contributed by atoms with van der Waals surface area (Å²) >= 11 is 0. The summed E-state index contributed by atoms with van der Waals surface area (Å²) in [6.45, 7) is 3.31. The molecule has 0 bridgehead atoms. The summed E-state index contributed by atoms with van der Waals surface area (Å²) in [4.78, 5) is 14.3. The van der Waals surface area contributed by atoms with Crippen molar-refractivity contribution >= 4 is 5.91 Å². The van der Waals surface area contributed by atoms with E-state index in [2.05, 4.69) is 29.1 Å². The first-order valence-electron chi connectivity index (χ1n) is 7.06. The number of carbonyl (C=O) groups excluding carboxylic acids is 1. The van der Waals surface area contributed by atoms with Gasteiger partial charge in [-0.25, -0.2) is 0 Å². The Bertz CT molecular complexity index is 548. The first kappa shape index (κ1) is 15.5. The van der Waals surface area contributed by atoms with Gasteiger partial charge in [0, 0.05) is 30.8 Å². The van der Waals surface area contributed by atoms with Crippen molar-refractivity contribution in [3.05, 3.63) is 35.4 Å². The zero-order valence-electron chi connectivity index (χ0n) is 12.3. The third-order valence-corrected chi connectivity index (χ3v) is 3.29. The Morgan fingerprint density at radius 1 is 1.57 bits per heavy atom. The summed E-state index contributed by atoms with van der Waals surface area (Å²) < 4.78 is 5.62. The summed E-state index contributed by atoms with van der Waals surface area (Å²) in [7, 11) is 2.05.